The predicted molar refractivity (Wildman–Crippen MR) is 143 cm³/mol. The van der Waals surface area contributed by atoms with Crippen LogP contribution in [0.5, 0.6) is 0 Å². The Bertz CT molecular complexity index is 1330. The largest absolute Gasteiger partial charge is 0.350 e. The fourth-order valence-electron chi connectivity index (χ4n) is 3.88. The molecule has 0 fully saturated rings. The minimum absolute atomic E-state index is 0.0861. The van der Waals surface area contributed by atoms with Crippen LogP contribution >= 0.6 is 0 Å². The molecule has 192 valence electrons. The van der Waals surface area contributed by atoms with Gasteiger partial charge in [0.2, 0.25) is 21.8 Å². The number of aryl methyl sites for hydroxylation is 1. The second-order valence-electron chi connectivity index (χ2n) is 10.1. The van der Waals surface area contributed by atoms with Gasteiger partial charge in [-0.05, 0) is 62.6 Å². The van der Waals surface area contributed by atoms with E-state index in [1.54, 1.807) is 19.1 Å². The van der Waals surface area contributed by atoms with E-state index in [0.717, 1.165) is 21.9 Å². The van der Waals surface area contributed by atoms with Crippen LogP contribution in [0, 0.1) is 6.92 Å². The lowest BCUT2D eigenvalue weighted by Crippen LogP contribution is -2.52. The van der Waals surface area contributed by atoms with Crippen LogP contribution in [0.3, 0.4) is 0 Å². The van der Waals surface area contributed by atoms with Gasteiger partial charge in [-0.25, -0.2) is 8.42 Å². The number of benzene rings is 3. The third-order valence-corrected chi connectivity index (χ3v) is 7.16. The molecule has 36 heavy (non-hydrogen) atoms. The van der Waals surface area contributed by atoms with Crippen molar-refractivity contribution in [1.29, 1.82) is 0 Å². The van der Waals surface area contributed by atoms with Crippen LogP contribution in [0.25, 0.3) is 10.8 Å². The summed E-state index contributed by atoms with van der Waals surface area (Å²) in [6.45, 7) is 9.31. The summed E-state index contributed by atoms with van der Waals surface area (Å²) < 4.78 is 29.0. The molecule has 2 amide bonds. The van der Waals surface area contributed by atoms with Crippen LogP contribution in [-0.4, -0.2) is 43.3 Å². The van der Waals surface area contributed by atoms with Crippen molar-refractivity contribution < 1.29 is 18.0 Å². The van der Waals surface area contributed by atoms with Gasteiger partial charge in [0.05, 0.1) is 11.4 Å². The highest BCUT2D eigenvalue weighted by Gasteiger charge is 2.30. The third-order valence-electron chi connectivity index (χ3n) is 5.69. The van der Waals surface area contributed by atoms with Gasteiger partial charge in [-0.2, -0.15) is 4.72 Å². The van der Waals surface area contributed by atoms with Gasteiger partial charge >= 0.3 is 0 Å². The first-order valence-corrected chi connectivity index (χ1v) is 13.5. The molecule has 0 aliphatic rings. The molecule has 0 spiro atoms. The Balaban J connectivity index is 1.85. The van der Waals surface area contributed by atoms with E-state index in [2.05, 4.69) is 10.0 Å². The fraction of sp³-hybridized carbons (Fsp3) is 0.357. The molecule has 3 aromatic carbocycles. The topological polar surface area (TPSA) is 95.6 Å². The zero-order chi connectivity index (χ0) is 26.5. The Morgan fingerprint density at radius 1 is 0.944 bits per heavy atom. The summed E-state index contributed by atoms with van der Waals surface area (Å²) in [6, 6.07) is 19.0. The molecule has 0 aliphatic carbocycles. The quantitative estimate of drug-likeness (QED) is 0.453. The van der Waals surface area contributed by atoms with Crippen molar-refractivity contribution in [3.05, 3.63) is 77.9 Å². The predicted octanol–water partition coefficient (Wildman–Crippen LogP) is 4.15. The summed E-state index contributed by atoms with van der Waals surface area (Å²) in [7, 11) is -3.98. The molecule has 3 rings (SSSR count). The molecule has 0 heterocycles. The lowest BCUT2D eigenvalue weighted by molar-refractivity contribution is -0.138. The smallest absolute Gasteiger partial charge is 0.241 e. The molecule has 0 aliphatic heterocycles. The lowest BCUT2D eigenvalue weighted by Gasteiger charge is -2.29. The van der Waals surface area contributed by atoms with Crippen LogP contribution < -0.4 is 10.0 Å². The highest BCUT2D eigenvalue weighted by molar-refractivity contribution is 7.89. The van der Waals surface area contributed by atoms with Gasteiger partial charge in [0, 0.05) is 12.1 Å². The molecule has 7 nitrogen and oxygen atoms in total. The first-order valence-electron chi connectivity index (χ1n) is 12.0. The van der Waals surface area contributed by atoms with Crippen molar-refractivity contribution in [2.45, 2.75) is 64.1 Å². The first-order chi connectivity index (χ1) is 16.9. The zero-order valence-electron chi connectivity index (χ0n) is 21.5. The van der Waals surface area contributed by atoms with Crippen LogP contribution in [0.2, 0.25) is 0 Å². The molecule has 1 atom stereocenters. The molecule has 0 saturated carbocycles. The van der Waals surface area contributed by atoms with E-state index in [9.17, 15) is 18.0 Å². The van der Waals surface area contributed by atoms with E-state index in [0.29, 0.717) is 0 Å². The monoisotopic (exact) mass is 509 g/mol. The second kappa shape index (κ2) is 11.2. The maximum absolute atomic E-state index is 13.6. The average molecular weight is 510 g/mol. The average Bonchev–Trinajstić information content (AvgIpc) is 2.81. The first kappa shape index (κ1) is 27.4. The number of amides is 2. The standard InChI is InChI=1S/C28H35N3O4S/c1-6-25(30-36(34,35)24-16-15-22-9-7-8-10-23(22)17-24)27(33)31(19-26(32)29-28(3,4)5)18-21-13-11-20(2)12-14-21/h7-17,25,30H,6,18-19H2,1-5H3,(H,29,32). The Hall–Kier alpha value is -3.23. The summed E-state index contributed by atoms with van der Waals surface area (Å²) in [5.41, 5.74) is 1.47. The maximum Gasteiger partial charge on any atom is 0.241 e. The van der Waals surface area contributed by atoms with Crippen LogP contribution in [0.1, 0.15) is 45.2 Å². The van der Waals surface area contributed by atoms with Gasteiger partial charge < -0.3 is 10.2 Å². The summed E-state index contributed by atoms with van der Waals surface area (Å²) in [5.74, 6) is -0.762. The van der Waals surface area contributed by atoms with E-state index in [1.807, 2.05) is 76.2 Å². The summed E-state index contributed by atoms with van der Waals surface area (Å²) in [4.78, 5) is 27.8. The van der Waals surface area contributed by atoms with Crippen LogP contribution in [0.4, 0.5) is 0 Å². The molecule has 0 bridgehead atoms. The van der Waals surface area contributed by atoms with Crippen molar-refractivity contribution in [1.82, 2.24) is 14.9 Å². The molecule has 2 N–H and O–H groups in total. The van der Waals surface area contributed by atoms with E-state index in [-0.39, 0.29) is 30.3 Å². The number of hydrogen-bond donors (Lipinski definition) is 2. The van der Waals surface area contributed by atoms with Crippen molar-refractivity contribution in [3.63, 3.8) is 0 Å². The fourth-order valence-corrected chi connectivity index (χ4v) is 5.18. The number of fused-ring (bicyclic) bond motifs is 1. The number of nitrogens with zero attached hydrogens (tertiary/aromatic N) is 1. The van der Waals surface area contributed by atoms with Gasteiger partial charge in [0.25, 0.3) is 0 Å². The van der Waals surface area contributed by atoms with Crippen molar-refractivity contribution in [2.24, 2.45) is 0 Å². The Labute approximate surface area is 213 Å². The summed E-state index contributed by atoms with van der Waals surface area (Å²) in [5, 5.41) is 4.59. The molecule has 3 aromatic rings. The maximum atomic E-state index is 13.6. The SMILES string of the molecule is CCC(NS(=O)(=O)c1ccc2ccccc2c1)C(=O)N(CC(=O)NC(C)(C)C)Cc1ccc(C)cc1. The van der Waals surface area contributed by atoms with Crippen molar-refractivity contribution in [2.75, 3.05) is 6.54 Å². The lowest BCUT2D eigenvalue weighted by atomic mass is 10.1. The number of nitrogens with one attached hydrogen (secondary N) is 2. The van der Waals surface area contributed by atoms with Gasteiger partial charge in [0.15, 0.2) is 0 Å². The van der Waals surface area contributed by atoms with Gasteiger partial charge in [-0.15, -0.1) is 0 Å². The Morgan fingerprint density at radius 2 is 1.58 bits per heavy atom. The number of carbonyl (C=O) groups is 2. The third kappa shape index (κ3) is 7.38. The number of sulfonamides is 1. The molecule has 0 aromatic heterocycles. The van der Waals surface area contributed by atoms with Crippen LogP contribution in [0.15, 0.2) is 71.6 Å². The Kier molecular flexibility index (Phi) is 8.53. The normalized spacial score (nSPS) is 12.8. The van der Waals surface area contributed by atoms with E-state index < -0.39 is 27.5 Å². The summed E-state index contributed by atoms with van der Waals surface area (Å²) in [6.07, 6.45) is 0.233. The molecular weight excluding hydrogens is 474 g/mol. The Morgan fingerprint density at radius 3 is 2.19 bits per heavy atom. The molecule has 0 radical (unpaired) electrons. The highest BCUT2D eigenvalue weighted by Crippen LogP contribution is 2.20. The van der Waals surface area contributed by atoms with E-state index in [1.165, 1.54) is 11.0 Å². The zero-order valence-corrected chi connectivity index (χ0v) is 22.4. The van der Waals surface area contributed by atoms with Crippen LogP contribution in [-0.2, 0) is 26.2 Å². The highest BCUT2D eigenvalue weighted by atomic mass is 32.2. The van der Waals surface area contributed by atoms with Gasteiger partial charge in [-0.1, -0.05) is 67.1 Å². The second-order valence-corrected chi connectivity index (χ2v) is 11.8. The molecule has 1 unspecified atom stereocenters. The van der Waals surface area contributed by atoms with Gasteiger partial charge in [-0.3, -0.25) is 9.59 Å². The number of rotatable bonds is 9. The van der Waals surface area contributed by atoms with Crippen molar-refractivity contribution >= 4 is 32.6 Å². The van der Waals surface area contributed by atoms with Gasteiger partial charge in [0.1, 0.15) is 6.04 Å². The minimum Gasteiger partial charge on any atom is -0.350 e. The molecule has 0 saturated heterocycles. The number of carbonyl (C=O) groups excluding carboxylic acids is 2. The molecular formula is C28H35N3O4S. The minimum atomic E-state index is -3.98. The van der Waals surface area contributed by atoms with E-state index in [4.69, 9.17) is 0 Å². The molecule has 8 heteroatoms. The number of hydrogen-bond acceptors (Lipinski definition) is 4. The van der Waals surface area contributed by atoms with E-state index >= 15 is 0 Å². The summed E-state index contributed by atoms with van der Waals surface area (Å²) >= 11 is 0. The van der Waals surface area contributed by atoms with Crippen molar-refractivity contribution in [3.8, 4) is 0 Å².